The number of carbonyl (C=O) groups excluding carboxylic acids is 1. The first kappa shape index (κ1) is 23.0. The van der Waals surface area contributed by atoms with Crippen molar-refractivity contribution in [2.75, 3.05) is 17.7 Å². The minimum atomic E-state index is -4.63. The molecule has 6 nitrogen and oxygen atoms in total. The van der Waals surface area contributed by atoms with E-state index in [1.54, 1.807) is 18.3 Å². The molecule has 3 heterocycles. The highest BCUT2D eigenvalue weighted by atomic mass is 19.4. The van der Waals surface area contributed by atoms with Gasteiger partial charge in [0.2, 0.25) is 0 Å². The van der Waals surface area contributed by atoms with E-state index in [0.717, 1.165) is 46.2 Å². The van der Waals surface area contributed by atoms with Crippen LogP contribution < -0.4 is 10.6 Å². The van der Waals surface area contributed by atoms with Crippen molar-refractivity contribution < 1.29 is 18.0 Å². The summed E-state index contributed by atoms with van der Waals surface area (Å²) in [6, 6.07) is 11.2. The molecule has 0 fully saturated rings. The molecular formula is C25H22F3N5O. The predicted octanol–water partition coefficient (Wildman–Crippen LogP) is 5.56. The van der Waals surface area contributed by atoms with Crippen LogP contribution in [0.5, 0.6) is 0 Å². The van der Waals surface area contributed by atoms with Crippen molar-refractivity contribution in [1.82, 2.24) is 14.9 Å². The quantitative estimate of drug-likeness (QED) is 0.517. The number of carbonyl (C=O) groups is 1. The Kier molecular flexibility index (Phi) is 6.10. The Morgan fingerprint density at radius 2 is 1.97 bits per heavy atom. The summed E-state index contributed by atoms with van der Waals surface area (Å²) in [5, 5.41) is 5.71. The predicted molar refractivity (Wildman–Crippen MR) is 126 cm³/mol. The number of hydrogen-bond acceptors (Lipinski definition) is 5. The number of aryl methyl sites for hydroxylation is 1. The highest BCUT2D eigenvalue weighted by Gasteiger charge is 2.33. The van der Waals surface area contributed by atoms with Crippen LogP contribution in [-0.4, -0.2) is 27.8 Å². The van der Waals surface area contributed by atoms with Gasteiger partial charge in [0.25, 0.3) is 5.91 Å². The van der Waals surface area contributed by atoms with Crippen LogP contribution >= 0.6 is 0 Å². The lowest BCUT2D eigenvalue weighted by Crippen LogP contribution is -2.21. The number of rotatable bonds is 5. The van der Waals surface area contributed by atoms with E-state index in [1.165, 1.54) is 6.07 Å². The summed E-state index contributed by atoms with van der Waals surface area (Å²) in [4.78, 5) is 22.5. The van der Waals surface area contributed by atoms with Gasteiger partial charge in [-0.05, 0) is 61.2 Å². The first-order valence-corrected chi connectivity index (χ1v) is 10.4. The molecule has 4 rings (SSSR count). The van der Waals surface area contributed by atoms with E-state index in [0.29, 0.717) is 12.2 Å². The number of fused-ring (bicyclic) bond motifs is 1. The second-order valence-electron chi connectivity index (χ2n) is 7.73. The molecule has 0 unspecified atom stereocenters. The minimum Gasteiger partial charge on any atom is -0.373 e. The van der Waals surface area contributed by atoms with Crippen LogP contribution in [0.1, 0.15) is 38.4 Å². The number of amides is 1. The van der Waals surface area contributed by atoms with Gasteiger partial charge < -0.3 is 15.5 Å². The van der Waals surface area contributed by atoms with Gasteiger partial charge in [0, 0.05) is 41.3 Å². The lowest BCUT2D eigenvalue weighted by Gasteiger charge is -2.29. The summed E-state index contributed by atoms with van der Waals surface area (Å²) in [7, 11) is 1.81. The molecule has 0 bridgehead atoms. The summed E-state index contributed by atoms with van der Waals surface area (Å²) in [6.07, 6.45) is 0.0499. The number of aromatic nitrogens is 2. The lowest BCUT2D eigenvalue weighted by atomic mass is 9.98. The molecule has 0 saturated carbocycles. The Bertz CT molecular complexity index is 1300. The highest BCUT2D eigenvalue weighted by molar-refractivity contribution is 6.04. The Morgan fingerprint density at radius 3 is 2.68 bits per heavy atom. The normalized spacial score (nSPS) is 13.1. The van der Waals surface area contributed by atoms with Crippen molar-refractivity contribution in [3.8, 4) is 0 Å². The second kappa shape index (κ2) is 9.01. The van der Waals surface area contributed by atoms with Gasteiger partial charge in [-0.2, -0.15) is 13.2 Å². The van der Waals surface area contributed by atoms with E-state index in [-0.39, 0.29) is 5.56 Å². The second-order valence-corrected chi connectivity index (χ2v) is 7.73. The molecule has 0 spiro atoms. The van der Waals surface area contributed by atoms with Crippen LogP contribution in [0.2, 0.25) is 0 Å². The van der Waals surface area contributed by atoms with Crippen molar-refractivity contribution >= 4 is 29.2 Å². The summed E-state index contributed by atoms with van der Waals surface area (Å²) in [5.41, 5.74) is 3.76. The molecule has 1 aliphatic rings. The molecule has 0 saturated heterocycles. The van der Waals surface area contributed by atoms with Gasteiger partial charge in [0.15, 0.2) is 0 Å². The fraction of sp³-hybridized carbons (Fsp3) is 0.160. The van der Waals surface area contributed by atoms with Crippen LogP contribution in [0.4, 0.5) is 24.7 Å². The molecule has 3 aromatic rings. The molecule has 2 N–H and O–H groups in total. The molecule has 1 amide bonds. The number of nitrogens with one attached hydrogen (secondary N) is 2. The Balaban J connectivity index is 1.66. The Morgan fingerprint density at radius 1 is 1.18 bits per heavy atom. The lowest BCUT2D eigenvalue weighted by molar-refractivity contribution is -0.141. The maximum Gasteiger partial charge on any atom is 0.433 e. The molecule has 1 aromatic carbocycles. The maximum atomic E-state index is 13.0. The van der Waals surface area contributed by atoms with Crippen molar-refractivity contribution in [2.45, 2.75) is 19.6 Å². The summed E-state index contributed by atoms with van der Waals surface area (Å²) >= 11 is 0. The number of alkyl halides is 3. The zero-order chi connectivity index (χ0) is 24.5. The van der Waals surface area contributed by atoms with Crippen molar-refractivity contribution in [1.29, 1.82) is 0 Å². The molecule has 2 aromatic heterocycles. The first-order chi connectivity index (χ1) is 16.2. The highest BCUT2D eigenvalue weighted by Crippen LogP contribution is 2.34. The number of hydrogen-bond donors (Lipinski definition) is 2. The third kappa shape index (κ3) is 4.63. The topological polar surface area (TPSA) is 70.2 Å². The number of anilines is 2. The van der Waals surface area contributed by atoms with E-state index in [1.807, 2.05) is 43.1 Å². The molecule has 0 atom stereocenters. The molecule has 174 valence electrons. The van der Waals surface area contributed by atoms with E-state index in [2.05, 4.69) is 27.2 Å². The number of nitrogens with zero attached hydrogens (tertiary/aromatic N) is 3. The van der Waals surface area contributed by atoms with Gasteiger partial charge >= 0.3 is 6.18 Å². The van der Waals surface area contributed by atoms with Gasteiger partial charge in [-0.25, -0.2) is 4.98 Å². The minimum absolute atomic E-state index is 0.130. The van der Waals surface area contributed by atoms with E-state index in [4.69, 9.17) is 0 Å². The van der Waals surface area contributed by atoms with Crippen molar-refractivity contribution in [3.63, 3.8) is 0 Å². The SMILES string of the molecule is C=CN1Cc2nc(NC)ccc2C=C1c1cc(NC(=O)c2ccnc(C(F)(F)F)c2)ccc1C. The van der Waals surface area contributed by atoms with E-state index >= 15 is 0 Å². The molecule has 9 heteroatoms. The van der Waals surface area contributed by atoms with Crippen LogP contribution in [0.25, 0.3) is 11.8 Å². The van der Waals surface area contributed by atoms with E-state index < -0.39 is 17.8 Å². The van der Waals surface area contributed by atoms with Gasteiger partial charge in [0.05, 0.1) is 12.2 Å². The molecular weight excluding hydrogens is 443 g/mol. The van der Waals surface area contributed by atoms with Crippen LogP contribution in [-0.2, 0) is 12.7 Å². The number of halogens is 3. The molecule has 34 heavy (non-hydrogen) atoms. The third-order valence-electron chi connectivity index (χ3n) is 5.49. The molecule has 0 aliphatic carbocycles. The number of pyridine rings is 2. The summed E-state index contributed by atoms with van der Waals surface area (Å²) in [5.74, 6) is 0.111. The fourth-order valence-electron chi connectivity index (χ4n) is 3.69. The summed E-state index contributed by atoms with van der Waals surface area (Å²) < 4.78 is 38.9. The third-order valence-corrected chi connectivity index (χ3v) is 5.49. The monoisotopic (exact) mass is 465 g/mol. The zero-order valence-electron chi connectivity index (χ0n) is 18.6. The summed E-state index contributed by atoms with van der Waals surface area (Å²) in [6.45, 7) is 6.38. The van der Waals surface area contributed by atoms with Crippen LogP contribution in [0.3, 0.4) is 0 Å². The van der Waals surface area contributed by atoms with E-state index in [9.17, 15) is 18.0 Å². The average molecular weight is 465 g/mol. The van der Waals surface area contributed by atoms with Gasteiger partial charge in [-0.1, -0.05) is 12.6 Å². The average Bonchev–Trinajstić information content (AvgIpc) is 2.83. The van der Waals surface area contributed by atoms with Crippen molar-refractivity contribution in [2.24, 2.45) is 0 Å². The molecule has 1 aliphatic heterocycles. The van der Waals surface area contributed by atoms with Crippen LogP contribution in [0, 0.1) is 6.92 Å². The first-order valence-electron chi connectivity index (χ1n) is 10.4. The largest absolute Gasteiger partial charge is 0.433 e. The molecule has 0 radical (unpaired) electrons. The van der Waals surface area contributed by atoms with Gasteiger partial charge in [-0.15, -0.1) is 0 Å². The zero-order valence-corrected chi connectivity index (χ0v) is 18.6. The Labute approximate surface area is 194 Å². The fourth-order valence-corrected chi connectivity index (χ4v) is 3.69. The van der Waals surface area contributed by atoms with Gasteiger partial charge in [-0.3, -0.25) is 9.78 Å². The smallest absolute Gasteiger partial charge is 0.373 e. The maximum absolute atomic E-state index is 13.0. The standard InChI is InChI=1S/C25H22F3N5O/c1-4-33-14-20-16(6-8-23(29-3)32-20)11-21(33)19-13-18(7-5-15(19)2)31-24(34)17-9-10-30-22(12-17)25(26,27)28/h4-13H,1,14H2,2-3H3,(H,29,32)(H,31,34). The van der Waals surface area contributed by atoms with Gasteiger partial charge in [0.1, 0.15) is 11.5 Å². The van der Waals surface area contributed by atoms with Crippen molar-refractivity contribution in [3.05, 3.63) is 95.1 Å². The van der Waals surface area contributed by atoms with Crippen LogP contribution in [0.15, 0.2) is 61.4 Å². The Hall–Kier alpha value is -4.14. The number of benzene rings is 1.